The molecule has 0 saturated carbocycles. The second kappa shape index (κ2) is 17.5. The first-order chi connectivity index (χ1) is 15.8. The van der Waals surface area contributed by atoms with Crippen LogP contribution < -0.4 is 16.0 Å². The summed E-state index contributed by atoms with van der Waals surface area (Å²) >= 11 is 0. The summed E-state index contributed by atoms with van der Waals surface area (Å²) in [5.41, 5.74) is -0.667. The monoisotopic (exact) mass is 485 g/mol. The molecule has 3 heterocycles. The van der Waals surface area contributed by atoms with Crippen molar-refractivity contribution in [3.05, 3.63) is 36.5 Å². The number of imide groups is 3. The molecular weight excluding hydrogens is 458 g/mol. The molecule has 0 fully saturated rings. The molecule has 7 N–H and O–H groups in total. The predicted molar refractivity (Wildman–Crippen MR) is 114 cm³/mol. The number of carbonyl (C=O) groups excluding carboxylic acids is 6. The van der Waals surface area contributed by atoms with Crippen LogP contribution in [0.25, 0.3) is 0 Å². The quantitative estimate of drug-likeness (QED) is 0.199. The number of hydrogen-bond acceptors (Lipinski definition) is 10. The van der Waals surface area contributed by atoms with Crippen LogP contribution in [0.2, 0.25) is 0 Å². The van der Waals surface area contributed by atoms with Crippen molar-refractivity contribution < 1.29 is 54.0 Å². The van der Waals surface area contributed by atoms with Crippen LogP contribution in [0.3, 0.4) is 0 Å². The summed E-state index contributed by atoms with van der Waals surface area (Å²) in [6.07, 6.45) is 7.77. The highest BCUT2D eigenvalue weighted by Crippen LogP contribution is 2.18. The number of aliphatic carboxylic acids is 1. The second-order valence-electron chi connectivity index (χ2n) is 6.41. The Morgan fingerprint density at radius 3 is 0.853 bits per heavy atom. The second-order valence-corrected chi connectivity index (χ2v) is 6.41. The minimum absolute atomic E-state index is 0.156. The van der Waals surface area contributed by atoms with Gasteiger partial charge in [-0.2, -0.15) is 0 Å². The van der Waals surface area contributed by atoms with E-state index in [1.165, 1.54) is 36.5 Å². The number of rotatable bonds is 4. The molecule has 3 rings (SSSR count). The zero-order chi connectivity index (χ0) is 26.7. The van der Waals surface area contributed by atoms with Crippen molar-refractivity contribution in [3.63, 3.8) is 0 Å². The lowest BCUT2D eigenvalue weighted by atomic mass is 9.88. The summed E-state index contributed by atoms with van der Waals surface area (Å²) in [6, 6.07) is 0. The highest BCUT2D eigenvalue weighted by Gasteiger charge is 2.24. The lowest BCUT2D eigenvalue weighted by molar-refractivity contribution is -0.134. The van der Waals surface area contributed by atoms with Crippen LogP contribution in [0, 0.1) is 5.41 Å². The molecule has 0 aromatic rings. The number of nitrogens with one attached hydrogen (secondary N) is 3. The van der Waals surface area contributed by atoms with Gasteiger partial charge in [-0.25, -0.2) is 0 Å². The highest BCUT2D eigenvalue weighted by atomic mass is 16.4. The van der Waals surface area contributed by atoms with Gasteiger partial charge in [0.15, 0.2) is 0 Å². The Kier molecular flexibility index (Phi) is 16.6. The molecule has 6 amide bonds. The average Bonchev–Trinajstić information content (AvgIpc) is 3.46. The van der Waals surface area contributed by atoms with Crippen LogP contribution in [0.1, 0.15) is 20.3 Å². The summed E-state index contributed by atoms with van der Waals surface area (Å²) in [5, 5.41) is 39.5. The maximum Gasteiger partial charge on any atom is 0.300 e. The van der Waals surface area contributed by atoms with Gasteiger partial charge in [-0.1, -0.05) is 6.92 Å². The van der Waals surface area contributed by atoms with Gasteiger partial charge in [0.1, 0.15) is 0 Å². The Morgan fingerprint density at radius 1 is 0.647 bits per heavy atom. The number of amides is 6. The van der Waals surface area contributed by atoms with Crippen molar-refractivity contribution in [2.45, 2.75) is 20.3 Å². The van der Waals surface area contributed by atoms with E-state index in [1.54, 1.807) is 0 Å². The van der Waals surface area contributed by atoms with Crippen LogP contribution in [0.4, 0.5) is 0 Å². The first-order valence-corrected chi connectivity index (χ1v) is 9.45. The molecular formula is C20H27N3O11. The number of hydrogen-bond donors (Lipinski definition) is 7. The van der Waals surface area contributed by atoms with Gasteiger partial charge in [0.2, 0.25) is 0 Å². The van der Waals surface area contributed by atoms with Crippen LogP contribution in [0.5, 0.6) is 0 Å². The van der Waals surface area contributed by atoms with E-state index < -0.39 is 11.4 Å². The Bertz CT molecular complexity index is 701. The van der Waals surface area contributed by atoms with Crippen LogP contribution in [0.15, 0.2) is 36.5 Å². The standard InChI is InChI=1S/C6H14O3.3C4H3NO2.C2H4O2/c1-2-6(3-7,4-8)5-9;3*6-3-1-2-4(7)5-3;1-2(3)4/h7-9H,2-5H2,1H3;3*1-2H,(H,5,6,7);1H3,(H,3,4). The number of carboxylic acid groups (broad SMARTS) is 1. The Morgan fingerprint density at radius 2 is 0.824 bits per heavy atom. The van der Waals surface area contributed by atoms with Gasteiger partial charge in [0.05, 0.1) is 19.8 Å². The molecule has 3 aliphatic heterocycles. The third-order valence-corrected chi connectivity index (χ3v) is 3.65. The normalized spacial score (nSPS) is 14.9. The zero-order valence-electron chi connectivity index (χ0n) is 18.4. The van der Waals surface area contributed by atoms with Gasteiger partial charge in [0.25, 0.3) is 41.4 Å². The maximum atomic E-state index is 10.0. The van der Waals surface area contributed by atoms with Crippen LogP contribution >= 0.6 is 0 Å². The summed E-state index contributed by atoms with van der Waals surface area (Å²) in [7, 11) is 0. The molecule has 3 aliphatic rings. The van der Waals surface area contributed by atoms with Crippen LogP contribution in [-0.2, 0) is 33.6 Å². The van der Waals surface area contributed by atoms with Crippen molar-refractivity contribution in [2.75, 3.05) is 19.8 Å². The van der Waals surface area contributed by atoms with Gasteiger partial charge >= 0.3 is 0 Å². The Labute approximate surface area is 194 Å². The van der Waals surface area contributed by atoms with E-state index in [0.717, 1.165) is 6.92 Å². The minimum atomic E-state index is -0.833. The van der Waals surface area contributed by atoms with Gasteiger partial charge in [0, 0.05) is 48.8 Å². The van der Waals surface area contributed by atoms with E-state index in [2.05, 4.69) is 0 Å². The molecule has 0 aliphatic carbocycles. The first kappa shape index (κ1) is 32.2. The van der Waals surface area contributed by atoms with Gasteiger partial charge in [-0.05, 0) is 6.42 Å². The minimum Gasteiger partial charge on any atom is -0.481 e. The van der Waals surface area contributed by atoms with E-state index in [-0.39, 0.29) is 55.3 Å². The summed E-state index contributed by atoms with van der Waals surface area (Å²) in [5.74, 6) is -2.81. The molecule has 0 saturated heterocycles. The highest BCUT2D eigenvalue weighted by molar-refractivity contribution is 6.13. The summed E-state index contributed by atoms with van der Waals surface area (Å²) in [6.45, 7) is 2.44. The lowest BCUT2D eigenvalue weighted by Crippen LogP contribution is -2.32. The molecule has 0 aromatic heterocycles. The van der Waals surface area contributed by atoms with E-state index in [0.29, 0.717) is 6.42 Å². The van der Waals surface area contributed by atoms with E-state index >= 15 is 0 Å². The molecule has 0 radical (unpaired) electrons. The van der Waals surface area contributed by atoms with E-state index in [9.17, 15) is 28.8 Å². The number of carbonyl (C=O) groups is 7. The van der Waals surface area contributed by atoms with Gasteiger partial charge < -0.3 is 20.4 Å². The molecule has 0 aromatic carbocycles. The first-order valence-electron chi connectivity index (χ1n) is 9.45. The number of carboxylic acids is 1. The number of aliphatic hydroxyl groups excluding tert-OH is 3. The Hall–Kier alpha value is -4.01. The van der Waals surface area contributed by atoms with Crippen molar-refractivity contribution in [2.24, 2.45) is 5.41 Å². The van der Waals surface area contributed by atoms with E-state index in [4.69, 9.17) is 25.2 Å². The van der Waals surface area contributed by atoms with Crippen LogP contribution in [-0.4, -0.2) is 81.7 Å². The lowest BCUT2D eigenvalue weighted by Gasteiger charge is -2.24. The van der Waals surface area contributed by atoms with E-state index in [1.807, 2.05) is 22.9 Å². The molecule has 0 atom stereocenters. The molecule has 14 heteroatoms. The van der Waals surface area contributed by atoms with Crippen molar-refractivity contribution in [3.8, 4) is 0 Å². The summed E-state index contributed by atoms with van der Waals surface area (Å²) < 4.78 is 0. The third-order valence-electron chi connectivity index (χ3n) is 3.65. The van der Waals surface area contributed by atoms with Gasteiger partial charge in [-0.3, -0.25) is 49.5 Å². The smallest absolute Gasteiger partial charge is 0.300 e. The fourth-order valence-electron chi connectivity index (χ4n) is 1.55. The molecule has 14 nitrogen and oxygen atoms in total. The number of aliphatic hydroxyl groups is 3. The fraction of sp³-hybridized carbons (Fsp3) is 0.350. The van der Waals surface area contributed by atoms with Crippen molar-refractivity contribution >= 4 is 41.4 Å². The zero-order valence-corrected chi connectivity index (χ0v) is 18.4. The fourth-order valence-corrected chi connectivity index (χ4v) is 1.55. The Balaban J connectivity index is 0. The van der Waals surface area contributed by atoms with Crippen molar-refractivity contribution in [1.82, 2.24) is 16.0 Å². The van der Waals surface area contributed by atoms with Gasteiger partial charge in [-0.15, -0.1) is 0 Å². The molecule has 188 valence electrons. The maximum absolute atomic E-state index is 10.0. The molecule has 34 heavy (non-hydrogen) atoms. The molecule has 0 unspecified atom stereocenters. The average molecular weight is 485 g/mol. The van der Waals surface area contributed by atoms with Crippen molar-refractivity contribution in [1.29, 1.82) is 0 Å². The largest absolute Gasteiger partial charge is 0.481 e. The molecule has 0 bridgehead atoms. The molecule has 0 spiro atoms. The third kappa shape index (κ3) is 16.7. The summed E-state index contributed by atoms with van der Waals surface area (Å²) in [4.78, 5) is 69.2. The topological polar surface area (TPSA) is 236 Å². The SMILES string of the molecule is CC(=O)O.CCC(CO)(CO)CO.O=C1C=CC(=O)N1.O=C1C=CC(=O)N1.O=C1C=CC(=O)N1. The predicted octanol–water partition coefficient (Wildman–Crippen LogP) is -2.95.